The van der Waals surface area contributed by atoms with Crippen LogP contribution in [0.4, 0.5) is 8.78 Å². The van der Waals surface area contributed by atoms with Gasteiger partial charge in [-0.15, -0.1) is 11.3 Å². The maximum absolute atomic E-state index is 16.0. The summed E-state index contributed by atoms with van der Waals surface area (Å²) in [6.45, 7) is 10.3. The van der Waals surface area contributed by atoms with Crippen molar-refractivity contribution in [3.05, 3.63) is 83.1 Å². The number of nitrogens with zero attached hydrogens (tertiary/aromatic N) is 6. The molecule has 2 aliphatic heterocycles. The summed E-state index contributed by atoms with van der Waals surface area (Å²) in [6, 6.07) is 7.57. The molecule has 0 saturated carbocycles. The van der Waals surface area contributed by atoms with Gasteiger partial charge in [-0.3, -0.25) is 19.3 Å². The number of fused-ring (bicyclic) bond motifs is 3. The van der Waals surface area contributed by atoms with Gasteiger partial charge in [0.2, 0.25) is 5.91 Å². The smallest absolute Gasteiger partial charge is 0.272 e. The minimum Gasteiger partial charge on any atom is -0.490 e. The van der Waals surface area contributed by atoms with E-state index in [1.54, 1.807) is 36.9 Å². The predicted molar refractivity (Wildman–Crippen MR) is 171 cm³/mol. The fraction of sp³-hybridized carbons (Fsp3) is 0.265. The molecule has 4 aromatic heterocycles. The number of thiophene rings is 1. The van der Waals surface area contributed by atoms with Gasteiger partial charge < -0.3 is 14.5 Å². The van der Waals surface area contributed by atoms with E-state index in [4.69, 9.17) is 14.8 Å². The lowest BCUT2D eigenvalue weighted by molar-refractivity contribution is -0.129. The summed E-state index contributed by atoms with van der Waals surface area (Å²) in [5, 5.41) is 7.54. The van der Waals surface area contributed by atoms with Crippen LogP contribution in [-0.2, 0) is 24.4 Å². The van der Waals surface area contributed by atoms with Gasteiger partial charge in [-0.05, 0) is 50.4 Å². The summed E-state index contributed by atoms with van der Waals surface area (Å²) in [6.07, 6.45) is 2.56. The third kappa shape index (κ3) is 4.84. The average molecular weight is 641 g/mol. The SMILES string of the molecule is C=CC(=O)N1Cc2cc(-c3nc(-c4cnc5c(c4)CN(C)C5=O)c4ccsc4c3-c3c(F)cc(F)cc3OC(C)C)nn2CC1C. The van der Waals surface area contributed by atoms with Crippen LogP contribution in [0, 0.1) is 11.6 Å². The van der Waals surface area contributed by atoms with E-state index in [2.05, 4.69) is 11.6 Å². The Morgan fingerprint density at radius 2 is 1.93 bits per heavy atom. The largest absolute Gasteiger partial charge is 0.490 e. The summed E-state index contributed by atoms with van der Waals surface area (Å²) in [7, 11) is 1.73. The van der Waals surface area contributed by atoms with E-state index in [-0.39, 0.29) is 35.3 Å². The van der Waals surface area contributed by atoms with Crippen LogP contribution in [0.1, 0.15) is 42.5 Å². The Labute approximate surface area is 267 Å². The number of hydrogen-bond acceptors (Lipinski definition) is 7. The Kier molecular flexibility index (Phi) is 7.19. The topological polar surface area (TPSA) is 93.5 Å². The fourth-order valence-electron chi connectivity index (χ4n) is 6.21. The summed E-state index contributed by atoms with van der Waals surface area (Å²) < 4.78 is 39.1. The minimum atomic E-state index is -0.790. The number of amides is 2. The Bertz CT molecular complexity index is 2090. The van der Waals surface area contributed by atoms with Crippen molar-refractivity contribution in [3.63, 3.8) is 0 Å². The zero-order chi connectivity index (χ0) is 32.4. The van der Waals surface area contributed by atoms with Crippen LogP contribution < -0.4 is 4.74 Å². The number of carbonyl (C=O) groups excluding carboxylic acids is 2. The van der Waals surface area contributed by atoms with Crippen molar-refractivity contribution in [2.45, 2.75) is 52.6 Å². The Hall–Kier alpha value is -4.97. The van der Waals surface area contributed by atoms with Crippen LogP contribution in [-0.4, -0.2) is 60.6 Å². The van der Waals surface area contributed by atoms with Gasteiger partial charge in [-0.2, -0.15) is 5.10 Å². The van der Waals surface area contributed by atoms with Gasteiger partial charge in [-0.1, -0.05) is 6.58 Å². The average Bonchev–Trinajstić information content (AvgIpc) is 3.72. The minimum absolute atomic E-state index is 0.0547. The second kappa shape index (κ2) is 11.1. The lowest BCUT2D eigenvalue weighted by atomic mass is 9.96. The molecule has 234 valence electrons. The number of halogens is 2. The summed E-state index contributed by atoms with van der Waals surface area (Å²) in [5.74, 6) is -1.81. The summed E-state index contributed by atoms with van der Waals surface area (Å²) in [4.78, 5) is 38.1. The van der Waals surface area contributed by atoms with Crippen molar-refractivity contribution in [2.75, 3.05) is 7.05 Å². The number of pyridine rings is 2. The highest BCUT2D eigenvalue weighted by Crippen LogP contribution is 2.47. The van der Waals surface area contributed by atoms with Gasteiger partial charge in [0.25, 0.3) is 5.91 Å². The van der Waals surface area contributed by atoms with E-state index in [1.807, 2.05) is 35.2 Å². The molecule has 7 rings (SSSR count). The van der Waals surface area contributed by atoms with Crippen LogP contribution in [0.15, 0.2) is 54.6 Å². The van der Waals surface area contributed by atoms with Crippen molar-refractivity contribution < 1.29 is 23.1 Å². The highest BCUT2D eigenvalue weighted by molar-refractivity contribution is 7.18. The molecule has 2 amide bonds. The first kappa shape index (κ1) is 29.7. The maximum atomic E-state index is 16.0. The highest BCUT2D eigenvalue weighted by Gasteiger charge is 2.32. The van der Waals surface area contributed by atoms with Crippen molar-refractivity contribution in [3.8, 4) is 39.5 Å². The monoisotopic (exact) mass is 640 g/mol. The van der Waals surface area contributed by atoms with E-state index < -0.39 is 11.6 Å². The molecule has 0 saturated heterocycles. The first-order valence-electron chi connectivity index (χ1n) is 14.9. The lowest BCUT2D eigenvalue weighted by Gasteiger charge is -2.33. The van der Waals surface area contributed by atoms with Gasteiger partial charge in [0.1, 0.15) is 34.5 Å². The summed E-state index contributed by atoms with van der Waals surface area (Å²) >= 11 is 1.40. The van der Waals surface area contributed by atoms with Crippen LogP contribution in [0.2, 0.25) is 0 Å². The zero-order valence-electron chi connectivity index (χ0n) is 25.7. The molecule has 1 atom stereocenters. The number of carbonyl (C=O) groups is 2. The molecule has 5 aromatic rings. The number of benzene rings is 1. The predicted octanol–water partition coefficient (Wildman–Crippen LogP) is 6.46. The van der Waals surface area contributed by atoms with Crippen molar-refractivity contribution >= 4 is 33.2 Å². The Morgan fingerprint density at radius 3 is 2.70 bits per heavy atom. The Balaban J connectivity index is 1.50. The first-order chi connectivity index (χ1) is 22.0. The molecule has 46 heavy (non-hydrogen) atoms. The fourth-order valence-corrected chi connectivity index (χ4v) is 7.16. The molecule has 0 N–H and O–H groups in total. The number of hydrogen-bond donors (Lipinski definition) is 0. The van der Waals surface area contributed by atoms with Gasteiger partial charge in [-0.25, -0.2) is 13.8 Å². The zero-order valence-corrected chi connectivity index (χ0v) is 26.5. The van der Waals surface area contributed by atoms with Crippen molar-refractivity contribution in [1.29, 1.82) is 0 Å². The number of rotatable bonds is 6. The highest BCUT2D eigenvalue weighted by atomic mass is 32.1. The van der Waals surface area contributed by atoms with Gasteiger partial charge in [0.05, 0.1) is 36.1 Å². The molecule has 0 spiro atoms. The standard InChI is InChI=1S/C34H30F2N6O3S/c1-6-27(43)41-16-22-12-25(39-42(22)14-18(41)4)32-29(28-24(36)10-21(35)11-26(28)45-17(2)3)33-23(7-8-46-33)30(38-32)19-9-20-15-40(5)34(44)31(20)37-13-19/h6-13,17-18H,1,14-16H2,2-5H3. The molecular formula is C34H30F2N6O3S. The van der Waals surface area contributed by atoms with Crippen molar-refractivity contribution in [2.24, 2.45) is 0 Å². The Morgan fingerprint density at radius 1 is 1.13 bits per heavy atom. The molecule has 2 aliphatic rings. The van der Waals surface area contributed by atoms with Crippen molar-refractivity contribution in [1.82, 2.24) is 29.5 Å². The quantitative estimate of drug-likeness (QED) is 0.198. The number of aromatic nitrogens is 4. The molecule has 0 fully saturated rings. The molecule has 6 heterocycles. The molecule has 9 nitrogen and oxygen atoms in total. The van der Waals surface area contributed by atoms with Crippen LogP contribution in [0.3, 0.4) is 0 Å². The van der Waals surface area contributed by atoms with Gasteiger partial charge in [0.15, 0.2) is 0 Å². The second-order valence-electron chi connectivity index (χ2n) is 11.9. The summed E-state index contributed by atoms with van der Waals surface area (Å²) in [5.41, 5.74) is 4.59. The molecule has 12 heteroatoms. The normalized spacial score (nSPS) is 15.9. The maximum Gasteiger partial charge on any atom is 0.272 e. The second-order valence-corrected chi connectivity index (χ2v) is 12.8. The molecule has 0 aliphatic carbocycles. The van der Waals surface area contributed by atoms with Crippen LogP contribution >= 0.6 is 11.3 Å². The molecule has 0 radical (unpaired) electrons. The van der Waals surface area contributed by atoms with E-state index in [9.17, 15) is 14.0 Å². The van der Waals surface area contributed by atoms with Crippen LogP contribution in [0.25, 0.3) is 43.9 Å². The third-order valence-electron chi connectivity index (χ3n) is 8.30. The third-order valence-corrected chi connectivity index (χ3v) is 9.23. The van der Waals surface area contributed by atoms with E-state index >= 15 is 4.39 Å². The molecule has 1 unspecified atom stereocenters. The van der Waals surface area contributed by atoms with E-state index in [0.29, 0.717) is 58.2 Å². The molecule has 1 aromatic carbocycles. The van der Waals surface area contributed by atoms with E-state index in [0.717, 1.165) is 22.7 Å². The lowest BCUT2D eigenvalue weighted by Crippen LogP contribution is -2.44. The van der Waals surface area contributed by atoms with E-state index in [1.165, 1.54) is 23.5 Å². The van der Waals surface area contributed by atoms with Gasteiger partial charge >= 0.3 is 0 Å². The first-order valence-corrected chi connectivity index (χ1v) is 15.7. The molecular weight excluding hydrogens is 610 g/mol. The molecule has 0 bridgehead atoms. The van der Waals surface area contributed by atoms with Crippen LogP contribution in [0.5, 0.6) is 5.75 Å². The number of ether oxygens (including phenoxy) is 1. The van der Waals surface area contributed by atoms with Gasteiger partial charge in [0, 0.05) is 64.7 Å².